The standard InChI is InChI=1S/C35H33F3N6O2/c1-23(25-13-6-3-7-14-25)40-33-39-19-18-28(41-33)31-30(26-15-10-16-27(21-26)35(36,37)38)42-32(43-31)29-17-8-9-20-44(29)34(45)46-22-24-11-4-2-5-12-24/h2-7,10-16,18-19,21,23,29H,8-9,17,20,22H2,1H3,(H,42,43)(H,39,40,41). The van der Waals surface area contributed by atoms with Gasteiger partial charge in [0.2, 0.25) is 5.95 Å². The maximum absolute atomic E-state index is 13.7. The van der Waals surface area contributed by atoms with Crippen LogP contribution in [0.25, 0.3) is 22.6 Å². The molecule has 46 heavy (non-hydrogen) atoms. The number of ether oxygens (including phenoxy) is 1. The van der Waals surface area contributed by atoms with Crippen LogP contribution in [0, 0.1) is 0 Å². The topological polar surface area (TPSA) is 96.0 Å². The fraction of sp³-hybridized carbons (Fsp3) is 0.257. The number of carbonyl (C=O) groups is 1. The van der Waals surface area contributed by atoms with Gasteiger partial charge in [-0.05, 0) is 55.5 Å². The number of amides is 1. The third kappa shape index (κ3) is 7.03. The molecular weight excluding hydrogens is 593 g/mol. The zero-order valence-electron chi connectivity index (χ0n) is 25.2. The maximum atomic E-state index is 13.7. The molecular formula is C35H33F3N6O2. The number of imidazole rings is 1. The molecule has 11 heteroatoms. The molecule has 0 aliphatic carbocycles. The van der Waals surface area contributed by atoms with Gasteiger partial charge in [0.05, 0.1) is 34.7 Å². The number of halogens is 3. The predicted octanol–water partition coefficient (Wildman–Crippen LogP) is 8.59. The minimum atomic E-state index is -4.53. The summed E-state index contributed by atoms with van der Waals surface area (Å²) in [5.74, 6) is 0.799. The molecule has 2 N–H and O–H groups in total. The van der Waals surface area contributed by atoms with Gasteiger partial charge in [-0.3, -0.25) is 4.90 Å². The first kappa shape index (κ1) is 30.8. The van der Waals surface area contributed by atoms with Gasteiger partial charge >= 0.3 is 12.3 Å². The lowest BCUT2D eigenvalue weighted by Crippen LogP contribution is -2.39. The van der Waals surface area contributed by atoms with Gasteiger partial charge in [-0.1, -0.05) is 72.8 Å². The van der Waals surface area contributed by atoms with Crippen LogP contribution in [0.5, 0.6) is 0 Å². The molecule has 2 unspecified atom stereocenters. The minimum Gasteiger partial charge on any atom is -0.445 e. The van der Waals surface area contributed by atoms with Crippen molar-refractivity contribution in [2.24, 2.45) is 0 Å². The molecule has 1 fully saturated rings. The van der Waals surface area contributed by atoms with Crippen LogP contribution < -0.4 is 5.32 Å². The molecule has 1 saturated heterocycles. The van der Waals surface area contributed by atoms with Crippen molar-refractivity contribution in [1.82, 2.24) is 24.8 Å². The number of anilines is 1. The number of benzene rings is 3. The van der Waals surface area contributed by atoms with Crippen LogP contribution in [-0.2, 0) is 17.5 Å². The molecule has 0 saturated carbocycles. The molecule has 3 aromatic carbocycles. The highest BCUT2D eigenvalue weighted by Crippen LogP contribution is 2.38. The SMILES string of the molecule is CC(Nc1nccc(-c2[nH]c(C3CCCCN3C(=O)OCc3ccccc3)nc2-c2cccc(C(F)(F)F)c2)n1)c1ccccc1. The van der Waals surface area contributed by atoms with Gasteiger partial charge in [-0.25, -0.2) is 19.7 Å². The first-order valence-corrected chi connectivity index (χ1v) is 15.2. The quantitative estimate of drug-likeness (QED) is 0.179. The lowest BCUT2D eigenvalue weighted by atomic mass is 10.0. The van der Waals surface area contributed by atoms with Gasteiger partial charge in [0.15, 0.2) is 0 Å². The number of alkyl halides is 3. The Hall–Kier alpha value is -5.19. The maximum Gasteiger partial charge on any atom is 0.416 e. The number of aromatic amines is 1. The minimum absolute atomic E-state index is 0.102. The summed E-state index contributed by atoms with van der Waals surface area (Å²) in [6, 6.07) is 25.4. The van der Waals surface area contributed by atoms with Crippen LogP contribution >= 0.6 is 0 Å². The number of carbonyl (C=O) groups excluding carboxylic acids is 1. The van der Waals surface area contributed by atoms with Gasteiger partial charge in [0, 0.05) is 18.3 Å². The van der Waals surface area contributed by atoms with E-state index in [2.05, 4.69) is 15.3 Å². The van der Waals surface area contributed by atoms with E-state index < -0.39 is 23.9 Å². The van der Waals surface area contributed by atoms with Gasteiger partial charge in [-0.15, -0.1) is 0 Å². The molecule has 236 valence electrons. The van der Waals surface area contributed by atoms with Crippen molar-refractivity contribution >= 4 is 12.0 Å². The molecule has 0 spiro atoms. The van der Waals surface area contributed by atoms with Crippen molar-refractivity contribution in [3.05, 3.63) is 120 Å². The van der Waals surface area contributed by atoms with Crippen molar-refractivity contribution < 1.29 is 22.7 Å². The summed E-state index contributed by atoms with van der Waals surface area (Å²) in [5, 5.41) is 3.30. The molecule has 1 aliphatic rings. The number of rotatable bonds is 8. The molecule has 8 nitrogen and oxygen atoms in total. The van der Waals surface area contributed by atoms with Crippen LogP contribution in [0.1, 0.15) is 60.8 Å². The third-order valence-electron chi connectivity index (χ3n) is 8.00. The molecule has 1 amide bonds. The summed E-state index contributed by atoms with van der Waals surface area (Å²) in [6.07, 6.45) is -1.16. The van der Waals surface area contributed by atoms with Crippen LogP contribution in [0.15, 0.2) is 97.2 Å². The summed E-state index contributed by atoms with van der Waals surface area (Å²) in [6.45, 7) is 2.58. The Bertz CT molecular complexity index is 1780. The van der Waals surface area contributed by atoms with E-state index >= 15 is 0 Å². The van der Waals surface area contributed by atoms with Crippen LogP contribution in [-0.4, -0.2) is 37.5 Å². The smallest absolute Gasteiger partial charge is 0.416 e. The zero-order valence-corrected chi connectivity index (χ0v) is 25.2. The van der Waals surface area contributed by atoms with Crippen molar-refractivity contribution in [1.29, 1.82) is 0 Å². The molecule has 0 bridgehead atoms. The number of nitrogens with one attached hydrogen (secondary N) is 2. The summed E-state index contributed by atoms with van der Waals surface area (Å²) >= 11 is 0. The fourth-order valence-electron chi connectivity index (χ4n) is 5.61. The number of H-pyrrole nitrogens is 1. The number of likely N-dealkylation sites (tertiary alicyclic amines) is 1. The van der Waals surface area contributed by atoms with Gasteiger partial charge in [0.1, 0.15) is 12.4 Å². The highest BCUT2D eigenvalue weighted by molar-refractivity contribution is 5.78. The van der Waals surface area contributed by atoms with Crippen LogP contribution in [0.4, 0.5) is 23.9 Å². The second-order valence-electron chi connectivity index (χ2n) is 11.2. The van der Waals surface area contributed by atoms with E-state index in [1.165, 1.54) is 6.07 Å². The van der Waals surface area contributed by atoms with E-state index in [1.54, 1.807) is 23.2 Å². The first-order chi connectivity index (χ1) is 22.3. The average Bonchev–Trinajstić information content (AvgIpc) is 3.53. The molecule has 6 rings (SSSR count). The third-order valence-corrected chi connectivity index (χ3v) is 8.00. The van der Waals surface area contributed by atoms with E-state index in [-0.39, 0.29) is 18.2 Å². The van der Waals surface area contributed by atoms with Crippen molar-refractivity contribution in [2.45, 2.75) is 51.1 Å². The van der Waals surface area contributed by atoms with E-state index in [0.717, 1.165) is 36.1 Å². The molecule has 2 atom stereocenters. The second-order valence-corrected chi connectivity index (χ2v) is 11.2. The van der Waals surface area contributed by atoms with Crippen LogP contribution in [0.2, 0.25) is 0 Å². The van der Waals surface area contributed by atoms with Gasteiger partial charge < -0.3 is 15.0 Å². The molecule has 2 aromatic heterocycles. The number of hydrogen-bond donors (Lipinski definition) is 2. The lowest BCUT2D eigenvalue weighted by molar-refractivity contribution is -0.137. The lowest BCUT2D eigenvalue weighted by Gasteiger charge is -2.33. The van der Waals surface area contributed by atoms with Crippen molar-refractivity contribution in [2.75, 3.05) is 11.9 Å². The number of piperidine rings is 1. The Labute approximate surface area is 264 Å². The number of nitrogens with zero attached hydrogens (tertiary/aromatic N) is 4. The predicted molar refractivity (Wildman–Crippen MR) is 168 cm³/mol. The summed E-state index contributed by atoms with van der Waals surface area (Å²) in [7, 11) is 0. The van der Waals surface area contributed by atoms with E-state index in [9.17, 15) is 18.0 Å². The Morgan fingerprint density at radius 1 is 1.00 bits per heavy atom. The Kier molecular flexibility index (Phi) is 9.00. The number of hydrogen-bond acceptors (Lipinski definition) is 6. The van der Waals surface area contributed by atoms with Crippen molar-refractivity contribution in [3.63, 3.8) is 0 Å². The Balaban J connectivity index is 1.35. The van der Waals surface area contributed by atoms with E-state index in [4.69, 9.17) is 14.7 Å². The Morgan fingerprint density at radius 3 is 2.52 bits per heavy atom. The highest BCUT2D eigenvalue weighted by Gasteiger charge is 2.34. The molecule has 1 aliphatic heterocycles. The average molecular weight is 627 g/mol. The summed E-state index contributed by atoms with van der Waals surface area (Å²) in [5.41, 5.74) is 2.56. The highest BCUT2D eigenvalue weighted by atomic mass is 19.4. The van der Waals surface area contributed by atoms with E-state index in [0.29, 0.717) is 41.8 Å². The fourth-order valence-corrected chi connectivity index (χ4v) is 5.61. The van der Waals surface area contributed by atoms with E-state index in [1.807, 2.05) is 67.6 Å². The number of aromatic nitrogens is 4. The Morgan fingerprint density at radius 2 is 1.76 bits per heavy atom. The monoisotopic (exact) mass is 626 g/mol. The van der Waals surface area contributed by atoms with Crippen LogP contribution in [0.3, 0.4) is 0 Å². The summed E-state index contributed by atoms with van der Waals surface area (Å²) < 4.78 is 46.9. The molecule has 0 radical (unpaired) electrons. The van der Waals surface area contributed by atoms with Gasteiger partial charge in [-0.2, -0.15) is 13.2 Å². The molecule has 3 heterocycles. The summed E-state index contributed by atoms with van der Waals surface area (Å²) in [4.78, 5) is 32.2. The first-order valence-electron chi connectivity index (χ1n) is 15.2. The van der Waals surface area contributed by atoms with Crippen molar-refractivity contribution in [3.8, 4) is 22.6 Å². The zero-order chi connectivity index (χ0) is 32.1. The normalized spacial score (nSPS) is 15.7. The van der Waals surface area contributed by atoms with Gasteiger partial charge in [0.25, 0.3) is 0 Å². The molecule has 5 aromatic rings. The largest absolute Gasteiger partial charge is 0.445 e. The second kappa shape index (κ2) is 13.4.